The number of aliphatic hydroxyl groups excluding tert-OH is 1. The highest BCUT2D eigenvalue weighted by molar-refractivity contribution is 6.34. The van der Waals surface area contributed by atoms with Crippen LogP contribution >= 0.6 is 11.6 Å². The largest absolute Gasteiger partial charge is 0.396 e. The van der Waals surface area contributed by atoms with Crippen LogP contribution in [0.2, 0.25) is 5.02 Å². The Hall–Kier alpha value is -2.38. The number of aliphatic hydroxyl groups is 1. The lowest BCUT2D eigenvalue weighted by molar-refractivity contribution is -0.140. The number of benzene rings is 1. The van der Waals surface area contributed by atoms with Crippen molar-refractivity contribution in [1.29, 1.82) is 0 Å². The molecule has 0 unspecified atom stereocenters. The highest BCUT2D eigenvalue weighted by Gasteiger charge is 2.56. The lowest BCUT2D eigenvalue weighted by atomic mass is 9.68. The number of amides is 3. The van der Waals surface area contributed by atoms with Crippen LogP contribution in [0.4, 0.5) is 5.69 Å². The fourth-order valence-electron chi connectivity index (χ4n) is 5.25. The van der Waals surface area contributed by atoms with E-state index in [1.54, 1.807) is 18.0 Å². The molecule has 3 rings (SSSR count). The van der Waals surface area contributed by atoms with Crippen molar-refractivity contribution in [2.75, 3.05) is 25.5 Å². The van der Waals surface area contributed by atoms with E-state index in [1.165, 1.54) is 0 Å². The first-order chi connectivity index (χ1) is 15.8. The van der Waals surface area contributed by atoms with Gasteiger partial charge in [-0.15, -0.1) is 0 Å². The van der Waals surface area contributed by atoms with Crippen LogP contribution in [0.5, 0.6) is 0 Å². The second-order valence-electron chi connectivity index (χ2n) is 8.91. The minimum Gasteiger partial charge on any atom is -0.396 e. The topological polar surface area (TPSA) is 98.7 Å². The minimum absolute atomic E-state index is 0.0178. The first-order valence-corrected chi connectivity index (χ1v) is 12.1. The molecular formula is C25H34ClN3O4. The predicted octanol–water partition coefficient (Wildman–Crippen LogP) is 3.15. The molecule has 1 aliphatic heterocycles. The van der Waals surface area contributed by atoms with Gasteiger partial charge in [-0.2, -0.15) is 0 Å². The van der Waals surface area contributed by atoms with Gasteiger partial charge in [0.2, 0.25) is 17.7 Å². The van der Waals surface area contributed by atoms with Crippen molar-refractivity contribution in [3.63, 3.8) is 0 Å². The molecule has 5 atom stereocenters. The molecule has 1 aliphatic carbocycles. The summed E-state index contributed by atoms with van der Waals surface area (Å²) in [7, 11) is 1.58. The smallest absolute Gasteiger partial charge is 0.247 e. The van der Waals surface area contributed by atoms with Gasteiger partial charge >= 0.3 is 0 Å². The SMILES string of the molecule is CCC[C@@H]1C=C[C@H]2[C@@H](C(=O)N(CCCCO)[C@@H]2C(=O)Nc2c(C)cccc2Cl)[C@@H]1C(=O)NC. The number of rotatable bonds is 9. The average molecular weight is 476 g/mol. The van der Waals surface area contributed by atoms with Crippen LogP contribution < -0.4 is 10.6 Å². The molecule has 33 heavy (non-hydrogen) atoms. The molecule has 0 radical (unpaired) electrons. The second-order valence-corrected chi connectivity index (χ2v) is 9.32. The average Bonchev–Trinajstić information content (AvgIpc) is 3.08. The van der Waals surface area contributed by atoms with E-state index < -0.39 is 23.8 Å². The maximum Gasteiger partial charge on any atom is 0.247 e. The molecule has 2 aliphatic rings. The fourth-order valence-corrected chi connectivity index (χ4v) is 5.52. The number of hydrogen-bond donors (Lipinski definition) is 3. The summed E-state index contributed by atoms with van der Waals surface area (Å²) in [5.74, 6) is -2.23. The van der Waals surface area contributed by atoms with E-state index in [0.29, 0.717) is 30.1 Å². The van der Waals surface area contributed by atoms with Gasteiger partial charge in [0, 0.05) is 26.1 Å². The van der Waals surface area contributed by atoms with Gasteiger partial charge in [0.1, 0.15) is 6.04 Å². The summed E-state index contributed by atoms with van der Waals surface area (Å²) in [5, 5.41) is 15.3. The zero-order valence-corrected chi connectivity index (χ0v) is 20.3. The Bertz CT molecular complexity index is 899. The van der Waals surface area contributed by atoms with Crippen LogP contribution in [0, 0.1) is 30.6 Å². The summed E-state index contributed by atoms with van der Waals surface area (Å²) in [4.78, 5) is 41.7. The summed E-state index contributed by atoms with van der Waals surface area (Å²) >= 11 is 6.33. The van der Waals surface area contributed by atoms with E-state index >= 15 is 0 Å². The van der Waals surface area contributed by atoms with Crippen molar-refractivity contribution in [1.82, 2.24) is 10.2 Å². The number of para-hydroxylation sites is 1. The number of allylic oxidation sites excluding steroid dienone is 1. The molecule has 180 valence electrons. The van der Waals surface area contributed by atoms with E-state index in [0.717, 1.165) is 18.4 Å². The molecule has 1 heterocycles. The highest BCUT2D eigenvalue weighted by atomic mass is 35.5. The third kappa shape index (κ3) is 5.09. The zero-order chi connectivity index (χ0) is 24.1. The van der Waals surface area contributed by atoms with Crippen molar-refractivity contribution >= 4 is 35.0 Å². The van der Waals surface area contributed by atoms with Crippen molar-refractivity contribution in [2.45, 2.75) is 45.6 Å². The Morgan fingerprint density at radius 3 is 2.58 bits per heavy atom. The number of anilines is 1. The van der Waals surface area contributed by atoms with E-state index in [4.69, 9.17) is 11.6 Å². The molecule has 3 N–H and O–H groups in total. The molecule has 0 bridgehead atoms. The zero-order valence-electron chi connectivity index (χ0n) is 19.5. The summed E-state index contributed by atoms with van der Waals surface area (Å²) < 4.78 is 0. The van der Waals surface area contributed by atoms with E-state index in [-0.39, 0.29) is 30.2 Å². The maximum absolute atomic E-state index is 13.7. The number of carbonyl (C=O) groups excluding carboxylic acids is 3. The first kappa shape index (κ1) is 25.2. The standard InChI is InChI=1S/C25H34ClN3O4/c1-4-8-16-11-12-17-20(19(16)23(31)27-3)25(33)29(13-5-6-14-30)22(17)24(32)28-21-15(2)9-7-10-18(21)26/h7,9-12,16-17,19-20,22,30H,4-6,8,13-14H2,1-3H3,(H,27,31)(H,28,32)/t16-,17+,19-,20-,22+/m1/s1. The summed E-state index contributed by atoms with van der Waals surface area (Å²) in [6.45, 7) is 4.28. The van der Waals surface area contributed by atoms with Gasteiger partial charge in [-0.1, -0.05) is 49.2 Å². The number of carbonyl (C=O) groups is 3. The Morgan fingerprint density at radius 1 is 1.18 bits per heavy atom. The molecule has 0 aromatic heterocycles. The van der Waals surface area contributed by atoms with Gasteiger partial charge in [0.15, 0.2) is 0 Å². The van der Waals surface area contributed by atoms with Crippen molar-refractivity contribution in [2.24, 2.45) is 23.7 Å². The summed E-state index contributed by atoms with van der Waals surface area (Å²) in [5.41, 5.74) is 1.36. The quantitative estimate of drug-likeness (QED) is 0.377. The number of aryl methyl sites for hydroxylation is 1. The normalized spacial score (nSPS) is 26.3. The molecule has 7 nitrogen and oxygen atoms in total. The first-order valence-electron chi connectivity index (χ1n) is 11.7. The van der Waals surface area contributed by atoms with Crippen LogP contribution in [-0.4, -0.2) is 54.0 Å². The molecule has 1 saturated heterocycles. The molecular weight excluding hydrogens is 442 g/mol. The number of hydrogen-bond acceptors (Lipinski definition) is 4. The Morgan fingerprint density at radius 2 is 1.94 bits per heavy atom. The fraction of sp³-hybridized carbons (Fsp3) is 0.560. The minimum atomic E-state index is -0.747. The lowest BCUT2D eigenvalue weighted by Crippen LogP contribution is -2.45. The third-order valence-electron chi connectivity index (χ3n) is 6.83. The highest BCUT2D eigenvalue weighted by Crippen LogP contribution is 2.45. The number of halogens is 1. The Balaban J connectivity index is 1.98. The predicted molar refractivity (Wildman–Crippen MR) is 129 cm³/mol. The van der Waals surface area contributed by atoms with Crippen molar-refractivity contribution in [3.05, 3.63) is 40.9 Å². The van der Waals surface area contributed by atoms with Gasteiger partial charge in [0.25, 0.3) is 0 Å². The van der Waals surface area contributed by atoms with Gasteiger partial charge in [-0.25, -0.2) is 0 Å². The number of nitrogens with zero attached hydrogens (tertiary/aromatic N) is 1. The number of unbranched alkanes of at least 4 members (excludes halogenated alkanes) is 1. The van der Waals surface area contributed by atoms with Crippen LogP contribution in [0.15, 0.2) is 30.4 Å². The molecule has 1 aromatic rings. The molecule has 1 aromatic carbocycles. The molecule has 0 spiro atoms. The number of likely N-dealkylation sites (tertiary alicyclic amines) is 1. The molecule has 1 fully saturated rings. The van der Waals surface area contributed by atoms with Crippen LogP contribution in [0.1, 0.15) is 38.2 Å². The van der Waals surface area contributed by atoms with Gasteiger partial charge in [-0.05, 0) is 43.7 Å². The molecule has 3 amide bonds. The number of fused-ring (bicyclic) bond motifs is 1. The Labute approximate surface area is 200 Å². The van der Waals surface area contributed by atoms with Crippen LogP contribution in [-0.2, 0) is 14.4 Å². The van der Waals surface area contributed by atoms with E-state index in [2.05, 4.69) is 17.6 Å². The van der Waals surface area contributed by atoms with Crippen molar-refractivity contribution in [3.8, 4) is 0 Å². The van der Waals surface area contributed by atoms with E-state index in [9.17, 15) is 19.5 Å². The van der Waals surface area contributed by atoms with Gasteiger partial charge in [0.05, 0.1) is 22.5 Å². The second kappa shape index (κ2) is 11.2. The van der Waals surface area contributed by atoms with Crippen molar-refractivity contribution < 1.29 is 19.5 Å². The summed E-state index contributed by atoms with van der Waals surface area (Å²) in [6, 6.07) is 4.64. The van der Waals surface area contributed by atoms with E-state index in [1.807, 2.05) is 31.2 Å². The van der Waals surface area contributed by atoms with Crippen LogP contribution in [0.3, 0.4) is 0 Å². The van der Waals surface area contributed by atoms with Gasteiger partial charge in [-0.3, -0.25) is 14.4 Å². The summed E-state index contributed by atoms with van der Waals surface area (Å²) in [6.07, 6.45) is 6.76. The molecule has 8 heteroatoms. The third-order valence-corrected chi connectivity index (χ3v) is 7.14. The maximum atomic E-state index is 13.7. The lowest BCUT2D eigenvalue weighted by Gasteiger charge is -2.34. The Kier molecular flexibility index (Phi) is 8.54. The number of nitrogens with one attached hydrogen (secondary N) is 2. The monoisotopic (exact) mass is 475 g/mol. The molecule has 0 saturated carbocycles. The van der Waals surface area contributed by atoms with Crippen LogP contribution in [0.25, 0.3) is 0 Å². The van der Waals surface area contributed by atoms with Gasteiger partial charge < -0.3 is 20.6 Å².